The summed E-state index contributed by atoms with van der Waals surface area (Å²) < 4.78 is 13.8. The van der Waals surface area contributed by atoms with Gasteiger partial charge in [-0.3, -0.25) is 28.7 Å². The van der Waals surface area contributed by atoms with Gasteiger partial charge in [-0.15, -0.1) is 5.10 Å². The molecule has 4 aromatic rings. The zero-order valence-electron chi connectivity index (χ0n) is 43.5. The van der Waals surface area contributed by atoms with Crippen LogP contribution in [0.2, 0.25) is 0 Å². The lowest BCUT2D eigenvalue weighted by atomic mass is 9.89. The molecule has 1 aliphatic rings. The zero-order valence-corrected chi connectivity index (χ0v) is 43.5. The number of hydrogen-bond acceptors (Lipinski definition) is 14. The van der Waals surface area contributed by atoms with Crippen molar-refractivity contribution in [2.24, 2.45) is 23.7 Å². The van der Waals surface area contributed by atoms with Crippen molar-refractivity contribution in [3.8, 4) is 0 Å². The van der Waals surface area contributed by atoms with Gasteiger partial charge in [0.15, 0.2) is 11.5 Å². The van der Waals surface area contributed by atoms with E-state index in [1.807, 2.05) is 71.9 Å². The summed E-state index contributed by atoms with van der Waals surface area (Å²) in [6, 6.07) is 6.33. The molecule has 5 rings (SSSR count). The normalized spacial score (nSPS) is 17.3. The van der Waals surface area contributed by atoms with E-state index in [2.05, 4.69) is 56.8 Å². The van der Waals surface area contributed by atoms with E-state index < -0.39 is 54.2 Å². The Bertz CT molecular complexity index is 2330. The van der Waals surface area contributed by atoms with Gasteiger partial charge >= 0.3 is 0 Å². The molecule has 9 atom stereocenters. The van der Waals surface area contributed by atoms with E-state index in [0.29, 0.717) is 56.1 Å². The van der Waals surface area contributed by atoms with E-state index in [-0.39, 0.29) is 60.8 Å². The van der Waals surface area contributed by atoms with Crippen LogP contribution >= 0.6 is 0 Å². The van der Waals surface area contributed by atoms with Gasteiger partial charge in [0.25, 0.3) is 0 Å². The van der Waals surface area contributed by atoms with E-state index in [0.717, 1.165) is 17.5 Å². The average molecular weight is 987 g/mol. The predicted molar refractivity (Wildman–Crippen MR) is 269 cm³/mol. The summed E-state index contributed by atoms with van der Waals surface area (Å²) in [7, 11) is 6.53. The van der Waals surface area contributed by atoms with Crippen molar-refractivity contribution in [1.82, 2.24) is 66.0 Å². The van der Waals surface area contributed by atoms with Gasteiger partial charge in [-0.1, -0.05) is 90.4 Å². The fourth-order valence-corrected chi connectivity index (χ4v) is 9.59. The van der Waals surface area contributed by atoms with Crippen LogP contribution in [0.5, 0.6) is 0 Å². The second-order valence-corrected chi connectivity index (χ2v) is 19.4. The minimum atomic E-state index is -0.932. The Balaban J connectivity index is 1.22. The maximum Gasteiger partial charge on any atom is 0.245 e. The maximum absolute atomic E-state index is 14.5. The first-order valence-electron chi connectivity index (χ1n) is 25.0. The number of carbonyl (C=O) groups is 5. The Morgan fingerprint density at radius 2 is 1.65 bits per heavy atom. The molecule has 0 radical (unpaired) electrons. The van der Waals surface area contributed by atoms with Crippen LogP contribution in [0.15, 0.2) is 49.2 Å². The van der Waals surface area contributed by atoms with Gasteiger partial charge in [-0.25, -0.2) is 15.0 Å². The van der Waals surface area contributed by atoms with Crippen LogP contribution in [0.3, 0.4) is 0 Å². The number of aromatic nitrogens is 7. The highest BCUT2D eigenvalue weighted by Crippen LogP contribution is 2.30. The third-order valence-corrected chi connectivity index (χ3v) is 13.8. The van der Waals surface area contributed by atoms with Crippen LogP contribution in [0, 0.1) is 23.7 Å². The minimum absolute atomic E-state index is 0.00967. The average Bonchev–Trinajstić information content (AvgIpc) is 4.16. The summed E-state index contributed by atoms with van der Waals surface area (Å²) in [5.41, 5.74) is 2.74. The number of fused-ring (bicyclic) bond motifs is 1. The van der Waals surface area contributed by atoms with Gasteiger partial charge in [-0.05, 0) is 49.6 Å². The molecular formula is C50H78N14O7. The third kappa shape index (κ3) is 14.8. The zero-order chi connectivity index (χ0) is 51.8. The number of anilines is 1. The Morgan fingerprint density at radius 3 is 2.31 bits per heavy atom. The van der Waals surface area contributed by atoms with Gasteiger partial charge < -0.3 is 50.8 Å². The fraction of sp³-hybridized carbons (Fsp3) is 0.640. The highest BCUT2D eigenvalue weighted by Gasteiger charge is 2.43. The smallest absolute Gasteiger partial charge is 0.245 e. The Labute approximate surface area is 418 Å². The van der Waals surface area contributed by atoms with Gasteiger partial charge in [0, 0.05) is 47.3 Å². The minimum Gasteiger partial charge on any atom is -0.379 e. The molecule has 1 fully saturated rings. The first-order valence-corrected chi connectivity index (χ1v) is 25.0. The first kappa shape index (κ1) is 55.9. The number of H-pyrrole nitrogens is 1. The summed E-state index contributed by atoms with van der Waals surface area (Å²) in [5.74, 6) is -1.82. The second-order valence-electron chi connectivity index (χ2n) is 19.4. The van der Waals surface area contributed by atoms with Crippen molar-refractivity contribution < 1.29 is 33.4 Å². The van der Waals surface area contributed by atoms with E-state index >= 15 is 0 Å². The summed E-state index contributed by atoms with van der Waals surface area (Å²) >= 11 is 0. The number of aryl methyl sites for hydroxylation is 1. The van der Waals surface area contributed by atoms with Crippen LogP contribution < -0.4 is 26.6 Å². The van der Waals surface area contributed by atoms with Crippen LogP contribution in [0.25, 0.3) is 11.2 Å². The molecule has 0 saturated carbocycles. The number of nitrogens with zero attached hydrogens (tertiary/aromatic N) is 8. The van der Waals surface area contributed by atoms with E-state index in [9.17, 15) is 24.0 Å². The number of likely N-dealkylation sites (N-methyl/N-ethyl adjacent to an activating group) is 2. The number of amides is 5. The van der Waals surface area contributed by atoms with Crippen LogP contribution in [0.1, 0.15) is 91.8 Å². The Kier molecular flexibility index (Phi) is 21.2. The van der Waals surface area contributed by atoms with Crippen LogP contribution in [-0.2, 0) is 53.0 Å². The lowest BCUT2D eigenvalue weighted by Gasteiger charge is -2.41. The number of methoxy groups -OCH3 is 2. The number of likely N-dealkylation sites (tertiary alicyclic amines) is 1. The van der Waals surface area contributed by atoms with Crippen LogP contribution in [-0.4, -0.2) is 158 Å². The van der Waals surface area contributed by atoms with E-state index in [1.54, 1.807) is 55.1 Å². The number of benzene rings is 1. The molecule has 0 bridgehead atoms. The monoisotopic (exact) mass is 987 g/mol. The largest absolute Gasteiger partial charge is 0.379 e. The number of hydrogen-bond donors (Lipinski definition) is 6. The quantitative estimate of drug-likeness (QED) is 0.0448. The molecule has 0 unspecified atom stereocenters. The molecule has 0 spiro atoms. The number of imidazole rings is 1. The van der Waals surface area contributed by atoms with Gasteiger partial charge in [0.05, 0.1) is 61.7 Å². The highest BCUT2D eigenvalue weighted by atomic mass is 16.5. The lowest BCUT2D eigenvalue weighted by Crippen LogP contribution is -2.59. The van der Waals surface area contributed by atoms with Gasteiger partial charge in [0.2, 0.25) is 29.5 Å². The van der Waals surface area contributed by atoms with E-state index in [1.165, 1.54) is 13.4 Å². The SMILES string of the molecule is CC[C@H](C)[C@@H]([C@@H](CC(=O)N1CCC[C@H]1[C@H](OC)[C@@H](C)C(=O)N[C@@H](Cc1ccccc1)C(=O)NCc1cn(CCCNc2ncnc3nc[nH]c23)nn1)OC)N(C)C(=O)[C@@H](NC(=O)[C@@H](NC)C(C)C)C(C)C. The van der Waals surface area contributed by atoms with E-state index in [4.69, 9.17) is 9.47 Å². The van der Waals surface area contributed by atoms with Crippen LogP contribution in [0.4, 0.5) is 5.82 Å². The molecule has 21 nitrogen and oxygen atoms in total. The van der Waals surface area contributed by atoms with Crippen molar-refractivity contribution in [2.75, 3.05) is 46.7 Å². The lowest BCUT2D eigenvalue weighted by molar-refractivity contribution is -0.148. The number of carbonyl (C=O) groups excluding carboxylic acids is 5. The molecule has 1 aromatic carbocycles. The first-order chi connectivity index (χ1) is 34.0. The molecule has 1 saturated heterocycles. The van der Waals surface area contributed by atoms with Crippen molar-refractivity contribution in [1.29, 1.82) is 0 Å². The highest BCUT2D eigenvalue weighted by molar-refractivity contribution is 5.91. The van der Waals surface area contributed by atoms with Gasteiger partial charge in [-0.2, -0.15) is 0 Å². The number of nitrogens with one attached hydrogen (secondary N) is 6. The summed E-state index contributed by atoms with van der Waals surface area (Å²) in [6.07, 6.45) is 6.40. The Hall–Kier alpha value is -6.06. The molecule has 3 aromatic heterocycles. The standard InChI is InChI=1S/C50H78N14O7/c1-12-32(6)43(62(9)50(69)41(31(4)5)59-49(68)40(51-8)30(2)3)38(70-10)25-39(65)64-23-16-20-37(64)44(71-11)33(7)47(66)58-36(24-34-18-14-13-15-19-34)48(67)53-26-35-27-63(61-60-35)22-17-21-52-45-42-46(55-28-54-42)57-29-56-45/h13-15,18-19,27-33,36-38,40-41,43-44,51H,12,16-17,20-26H2,1-11H3,(H,53,67)(H,58,66)(H,59,68)(H2,52,54,55,56,57)/t32-,33+,36-,37-,38+,40-,41-,43-,44+/m0/s1. The molecule has 5 amide bonds. The number of ether oxygens (including phenoxy) is 2. The molecule has 71 heavy (non-hydrogen) atoms. The molecule has 6 N–H and O–H groups in total. The third-order valence-electron chi connectivity index (χ3n) is 13.8. The topological polar surface area (TPSA) is 256 Å². The summed E-state index contributed by atoms with van der Waals surface area (Å²) in [4.78, 5) is 89.3. The number of rotatable bonds is 28. The molecular weight excluding hydrogens is 909 g/mol. The molecule has 21 heteroatoms. The molecule has 0 aliphatic carbocycles. The summed E-state index contributed by atoms with van der Waals surface area (Å²) in [5, 5.41) is 23.8. The van der Waals surface area contributed by atoms with Crippen molar-refractivity contribution in [3.05, 3.63) is 60.4 Å². The Morgan fingerprint density at radius 1 is 0.915 bits per heavy atom. The predicted octanol–water partition coefficient (Wildman–Crippen LogP) is 3.10. The fourth-order valence-electron chi connectivity index (χ4n) is 9.59. The van der Waals surface area contributed by atoms with Crippen molar-refractivity contribution >= 4 is 46.5 Å². The maximum atomic E-state index is 14.5. The van der Waals surface area contributed by atoms with Gasteiger partial charge in [0.1, 0.15) is 29.6 Å². The second kappa shape index (κ2) is 27.0. The number of aromatic amines is 1. The van der Waals surface area contributed by atoms with Crippen molar-refractivity contribution in [3.63, 3.8) is 0 Å². The molecule has 4 heterocycles. The summed E-state index contributed by atoms with van der Waals surface area (Å²) in [6.45, 7) is 15.2. The van der Waals surface area contributed by atoms with Crippen molar-refractivity contribution in [2.45, 2.75) is 142 Å². The molecule has 1 aliphatic heterocycles. The molecule has 390 valence electrons.